The van der Waals surface area contributed by atoms with E-state index in [-0.39, 0.29) is 11.9 Å². The Morgan fingerprint density at radius 2 is 1.84 bits per heavy atom. The maximum Gasteiger partial charge on any atom is 0.214 e. The summed E-state index contributed by atoms with van der Waals surface area (Å²) in [5.41, 5.74) is 1.02. The lowest BCUT2D eigenvalue weighted by Gasteiger charge is -2.19. The number of benzene rings is 1. The number of aliphatic hydroxyl groups excluding tert-OH is 1. The lowest BCUT2D eigenvalue weighted by Crippen LogP contribution is -2.43. The molecule has 19 heavy (non-hydrogen) atoms. The molecule has 2 rings (SSSR count). The van der Waals surface area contributed by atoms with Crippen LogP contribution in [0.1, 0.15) is 31.2 Å². The molecule has 0 heterocycles. The molecule has 1 aromatic rings. The van der Waals surface area contributed by atoms with E-state index in [2.05, 4.69) is 4.72 Å². The molecule has 0 spiro atoms. The first kappa shape index (κ1) is 14.5. The molecule has 106 valence electrons. The lowest BCUT2D eigenvalue weighted by molar-refractivity contribution is 0.255. The van der Waals surface area contributed by atoms with Crippen LogP contribution in [0.4, 0.5) is 0 Å². The molecule has 0 saturated heterocycles. The van der Waals surface area contributed by atoms with E-state index >= 15 is 0 Å². The largest absolute Gasteiger partial charge is 0.395 e. The SMILES string of the molecule is O=S(=O)(N[C@H](CO)Cc1ccccc1)C1CCCC1. The third-order valence-corrected chi connectivity index (χ3v) is 5.63. The Morgan fingerprint density at radius 1 is 1.21 bits per heavy atom. The average Bonchev–Trinajstić information content (AvgIpc) is 2.93. The molecule has 1 atom stereocenters. The van der Waals surface area contributed by atoms with Gasteiger partial charge in [0.15, 0.2) is 0 Å². The molecule has 1 aliphatic carbocycles. The highest BCUT2D eigenvalue weighted by molar-refractivity contribution is 7.90. The van der Waals surface area contributed by atoms with Gasteiger partial charge >= 0.3 is 0 Å². The highest BCUT2D eigenvalue weighted by Gasteiger charge is 2.30. The Bertz CT molecular complexity index is 481. The van der Waals surface area contributed by atoms with Crippen LogP contribution in [-0.4, -0.2) is 31.4 Å². The maximum absolute atomic E-state index is 12.2. The molecule has 0 unspecified atom stereocenters. The fourth-order valence-electron chi connectivity index (χ4n) is 2.57. The molecular weight excluding hydrogens is 262 g/mol. The number of hydrogen-bond donors (Lipinski definition) is 2. The molecule has 0 bridgehead atoms. The predicted octanol–water partition coefficient (Wildman–Crippen LogP) is 1.45. The molecule has 0 radical (unpaired) electrons. The summed E-state index contributed by atoms with van der Waals surface area (Å²) in [5, 5.41) is 9.09. The van der Waals surface area contributed by atoms with Gasteiger partial charge in [-0.2, -0.15) is 0 Å². The third-order valence-electron chi connectivity index (χ3n) is 3.62. The number of sulfonamides is 1. The van der Waals surface area contributed by atoms with Gasteiger partial charge in [0.05, 0.1) is 11.9 Å². The summed E-state index contributed by atoms with van der Waals surface area (Å²) in [6.45, 7) is -0.180. The summed E-state index contributed by atoms with van der Waals surface area (Å²) in [6.07, 6.45) is 3.95. The first-order valence-corrected chi connectivity index (χ1v) is 8.32. The summed E-state index contributed by atoms with van der Waals surface area (Å²) in [4.78, 5) is 0. The molecule has 0 aliphatic heterocycles. The Kier molecular flexibility index (Phi) is 4.96. The minimum Gasteiger partial charge on any atom is -0.395 e. The van der Waals surface area contributed by atoms with Crippen molar-refractivity contribution in [2.75, 3.05) is 6.61 Å². The second-order valence-electron chi connectivity index (χ2n) is 5.14. The molecule has 1 saturated carbocycles. The first-order valence-electron chi connectivity index (χ1n) is 6.78. The van der Waals surface area contributed by atoms with Gasteiger partial charge in [-0.3, -0.25) is 0 Å². The van der Waals surface area contributed by atoms with Gasteiger partial charge in [-0.05, 0) is 24.8 Å². The highest BCUT2D eigenvalue weighted by atomic mass is 32.2. The smallest absolute Gasteiger partial charge is 0.214 e. The molecule has 0 amide bonds. The van der Waals surface area contributed by atoms with E-state index in [1.807, 2.05) is 30.3 Å². The zero-order chi connectivity index (χ0) is 13.7. The van der Waals surface area contributed by atoms with Crippen LogP contribution in [0.3, 0.4) is 0 Å². The number of aliphatic hydroxyl groups is 1. The van der Waals surface area contributed by atoms with Gasteiger partial charge < -0.3 is 5.11 Å². The minimum atomic E-state index is -3.30. The van der Waals surface area contributed by atoms with Gasteiger partial charge in [-0.25, -0.2) is 13.1 Å². The fraction of sp³-hybridized carbons (Fsp3) is 0.571. The summed E-state index contributed by atoms with van der Waals surface area (Å²) in [7, 11) is -3.30. The average molecular weight is 283 g/mol. The standard InChI is InChI=1S/C14H21NO3S/c16-11-13(10-12-6-2-1-3-7-12)15-19(17,18)14-8-4-5-9-14/h1-3,6-7,13-16H,4-5,8-11H2/t13-/m0/s1. The van der Waals surface area contributed by atoms with Crippen LogP contribution in [0.15, 0.2) is 30.3 Å². The fourth-order valence-corrected chi connectivity index (χ4v) is 4.34. The van der Waals surface area contributed by atoms with Gasteiger partial charge in [-0.15, -0.1) is 0 Å². The van der Waals surface area contributed by atoms with Crippen molar-refractivity contribution in [2.24, 2.45) is 0 Å². The van der Waals surface area contributed by atoms with Gasteiger partial charge in [0, 0.05) is 6.04 Å². The third kappa shape index (κ3) is 4.03. The summed E-state index contributed by atoms with van der Waals surface area (Å²) in [5.74, 6) is 0. The molecule has 4 nitrogen and oxygen atoms in total. The highest BCUT2D eigenvalue weighted by Crippen LogP contribution is 2.24. The summed E-state index contributed by atoms with van der Waals surface area (Å²) >= 11 is 0. The van der Waals surface area contributed by atoms with Crippen molar-refractivity contribution in [1.82, 2.24) is 4.72 Å². The van der Waals surface area contributed by atoms with E-state index in [4.69, 9.17) is 0 Å². The van der Waals surface area contributed by atoms with Crippen LogP contribution in [0.25, 0.3) is 0 Å². The zero-order valence-electron chi connectivity index (χ0n) is 11.0. The van der Waals surface area contributed by atoms with Gasteiger partial charge in [-0.1, -0.05) is 43.2 Å². The van der Waals surface area contributed by atoms with E-state index in [0.717, 1.165) is 31.2 Å². The van der Waals surface area contributed by atoms with Crippen LogP contribution >= 0.6 is 0 Å². The minimum absolute atomic E-state index is 0.180. The number of hydrogen-bond acceptors (Lipinski definition) is 3. The second-order valence-corrected chi connectivity index (χ2v) is 7.13. The molecule has 2 N–H and O–H groups in total. The van der Waals surface area contributed by atoms with E-state index in [9.17, 15) is 13.5 Å². The van der Waals surface area contributed by atoms with Crippen LogP contribution < -0.4 is 4.72 Å². The van der Waals surface area contributed by atoms with Gasteiger partial charge in [0.1, 0.15) is 0 Å². The van der Waals surface area contributed by atoms with E-state index in [0.29, 0.717) is 6.42 Å². The van der Waals surface area contributed by atoms with Gasteiger partial charge in [0.25, 0.3) is 0 Å². The monoisotopic (exact) mass is 283 g/mol. The Balaban J connectivity index is 1.98. The van der Waals surface area contributed by atoms with Gasteiger partial charge in [0.2, 0.25) is 10.0 Å². The first-order chi connectivity index (χ1) is 9.12. The van der Waals surface area contributed by atoms with E-state index < -0.39 is 16.1 Å². The Labute approximate surface area is 114 Å². The molecule has 1 aromatic carbocycles. The van der Waals surface area contributed by atoms with E-state index in [1.165, 1.54) is 0 Å². The van der Waals surface area contributed by atoms with Crippen molar-refractivity contribution >= 4 is 10.0 Å². The van der Waals surface area contributed by atoms with E-state index in [1.54, 1.807) is 0 Å². The predicted molar refractivity (Wildman–Crippen MR) is 75.3 cm³/mol. The van der Waals surface area contributed by atoms with Crippen molar-refractivity contribution in [3.8, 4) is 0 Å². The topological polar surface area (TPSA) is 66.4 Å². The van der Waals surface area contributed by atoms with Crippen molar-refractivity contribution in [2.45, 2.75) is 43.4 Å². The normalized spacial score (nSPS) is 18.6. The molecule has 1 fully saturated rings. The zero-order valence-corrected chi connectivity index (χ0v) is 11.8. The quantitative estimate of drug-likeness (QED) is 0.830. The van der Waals surface area contributed by atoms with Crippen LogP contribution in [0.5, 0.6) is 0 Å². The van der Waals surface area contributed by atoms with Crippen molar-refractivity contribution < 1.29 is 13.5 Å². The molecule has 1 aliphatic rings. The van der Waals surface area contributed by atoms with Crippen LogP contribution in [-0.2, 0) is 16.4 Å². The maximum atomic E-state index is 12.2. The second kappa shape index (κ2) is 6.50. The summed E-state index contributed by atoms with van der Waals surface area (Å²) in [6, 6.07) is 9.18. The van der Waals surface area contributed by atoms with Crippen LogP contribution in [0.2, 0.25) is 0 Å². The van der Waals surface area contributed by atoms with Crippen molar-refractivity contribution in [3.63, 3.8) is 0 Å². The molecule has 0 aromatic heterocycles. The number of nitrogens with one attached hydrogen (secondary N) is 1. The molecular formula is C14H21NO3S. The van der Waals surface area contributed by atoms with Crippen molar-refractivity contribution in [1.29, 1.82) is 0 Å². The summed E-state index contributed by atoms with van der Waals surface area (Å²) < 4.78 is 27.0. The van der Waals surface area contributed by atoms with Crippen LogP contribution in [0, 0.1) is 0 Å². The number of rotatable bonds is 6. The lowest BCUT2D eigenvalue weighted by atomic mass is 10.1. The van der Waals surface area contributed by atoms with Crippen molar-refractivity contribution in [3.05, 3.63) is 35.9 Å². The Hall–Kier alpha value is -0.910. The Morgan fingerprint density at radius 3 is 2.42 bits per heavy atom. The molecule has 5 heteroatoms.